The first kappa shape index (κ1) is 20.0. The number of aryl methyl sites for hydroxylation is 3. The molecule has 0 fully saturated rings. The molecule has 4 rings (SSSR count). The number of nitrogens with one attached hydrogen (secondary N) is 1. The number of anilines is 1. The van der Waals surface area contributed by atoms with Crippen LogP contribution in [0.4, 0.5) is 5.69 Å². The minimum atomic E-state index is -0.248. The number of carbonyl (C=O) groups excluding carboxylic acids is 1. The van der Waals surface area contributed by atoms with Crippen molar-refractivity contribution in [2.45, 2.75) is 33.7 Å². The first-order chi connectivity index (χ1) is 14.5. The summed E-state index contributed by atoms with van der Waals surface area (Å²) in [5, 5.41) is 5.45. The van der Waals surface area contributed by atoms with Gasteiger partial charge < -0.3 is 5.32 Å². The quantitative estimate of drug-likeness (QED) is 0.500. The molecule has 0 aliphatic rings. The van der Waals surface area contributed by atoms with Crippen molar-refractivity contribution in [2.24, 2.45) is 0 Å². The van der Waals surface area contributed by atoms with Crippen molar-refractivity contribution in [1.29, 1.82) is 0 Å². The van der Waals surface area contributed by atoms with Crippen molar-refractivity contribution in [3.8, 4) is 11.1 Å². The standard InChI is InChI=1S/C24H23N3O2S/c1-4-17-7-5-6-8-20(17)26-21(28)12-27-14-25-23-22(24(27)29)19(13-30-23)18-10-9-15(2)11-16(18)3/h5-11,13-14H,4,12H2,1-3H3,(H,26,28). The summed E-state index contributed by atoms with van der Waals surface area (Å²) in [5.74, 6) is -0.248. The zero-order chi connectivity index (χ0) is 21.3. The highest BCUT2D eigenvalue weighted by atomic mass is 32.1. The average molecular weight is 418 g/mol. The molecule has 0 saturated heterocycles. The van der Waals surface area contributed by atoms with Crippen LogP contribution in [-0.4, -0.2) is 15.5 Å². The molecule has 30 heavy (non-hydrogen) atoms. The number of hydrogen-bond donors (Lipinski definition) is 1. The number of aromatic nitrogens is 2. The van der Waals surface area contributed by atoms with Crippen molar-refractivity contribution in [2.75, 3.05) is 5.32 Å². The molecular formula is C24H23N3O2S. The number of carbonyl (C=O) groups is 1. The molecule has 0 saturated carbocycles. The van der Waals surface area contributed by atoms with Gasteiger partial charge in [0, 0.05) is 16.6 Å². The van der Waals surface area contributed by atoms with E-state index in [2.05, 4.69) is 16.4 Å². The van der Waals surface area contributed by atoms with Crippen LogP contribution >= 0.6 is 11.3 Å². The van der Waals surface area contributed by atoms with E-state index in [4.69, 9.17) is 0 Å². The summed E-state index contributed by atoms with van der Waals surface area (Å²) >= 11 is 1.45. The number of hydrogen-bond acceptors (Lipinski definition) is 4. The van der Waals surface area contributed by atoms with E-state index < -0.39 is 0 Å². The van der Waals surface area contributed by atoms with Crippen molar-refractivity contribution < 1.29 is 4.79 Å². The van der Waals surface area contributed by atoms with Crippen LogP contribution in [0.3, 0.4) is 0 Å². The Kier molecular flexibility index (Phi) is 5.50. The Morgan fingerprint density at radius 2 is 1.93 bits per heavy atom. The van der Waals surface area contributed by atoms with E-state index in [1.807, 2.05) is 62.5 Å². The van der Waals surface area contributed by atoms with E-state index in [-0.39, 0.29) is 18.0 Å². The van der Waals surface area contributed by atoms with Gasteiger partial charge in [0.15, 0.2) is 0 Å². The Labute approximate surface area is 179 Å². The van der Waals surface area contributed by atoms with E-state index in [1.54, 1.807) is 0 Å². The number of rotatable bonds is 5. The topological polar surface area (TPSA) is 64.0 Å². The summed E-state index contributed by atoms with van der Waals surface area (Å²) in [4.78, 5) is 31.0. The fraction of sp³-hybridized carbons (Fsp3) is 0.208. The monoisotopic (exact) mass is 417 g/mol. The predicted molar refractivity (Wildman–Crippen MR) is 123 cm³/mol. The van der Waals surface area contributed by atoms with Crippen LogP contribution in [0.2, 0.25) is 0 Å². The fourth-order valence-electron chi connectivity index (χ4n) is 3.69. The van der Waals surface area contributed by atoms with Crippen LogP contribution in [0.5, 0.6) is 0 Å². The third kappa shape index (κ3) is 3.78. The molecule has 0 unspecified atom stereocenters. The maximum absolute atomic E-state index is 13.2. The third-order valence-electron chi connectivity index (χ3n) is 5.22. The molecule has 4 aromatic rings. The zero-order valence-electron chi connectivity index (χ0n) is 17.2. The first-order valence-electron chi connectivity index (χ1n) is 9.90. The molecular weight excluding hydrogens is 394 g/mol. The molecule has 0 aliphatic heterocycles. The van der Waals surface area contributed by atoms with Crippen LogP contribution in [-0.2, 0) is 17.8 Å². The van der Waals surface area contributed by atoms with Crippen molar-refractivity contribution in [3.63, 3.8) is 0 Å². The Balaban J connectivity index is 1.68. The second-order valence-corrected chi connectivity index (χ2v) is 8.24. The van der Waals surface area contributed by atoms with Gasteiger partial charge in [0.2, 0.25) is 5.91 Å². The van der Waals surface area contributed by atoms with Gasteiger partial charge >= 0.3 is 0 Å². The van der Waals surface area contributed by atoms with Crippen LogP contribution in [0.1, 0.15) is 23.6 Å². The molecule has 0 atom stereocenters. The summed E-state index contributed by atoms with van der Waals surface area (Å²) in [6, 6.07) is 13.9. The van der Waals surface area contributed by atoms with Crippen LogP contribution in [0, 0.1) is 13.8 Å². The van der Waals surface area contributed by atoms with Crippen LogP contribution in [0.25, 0.3) is 21.3 Å². The number of benzene rings is 2. The lowest BCUT2D eigenvalue weighted by molar-refractivity contribution is -0.116. The number of nitrogens with zero attached hydrogens (tertiary/aromatic N) is 2. The molecule has 5 nitrogen and oxygen atoms in total. The lowest BCUT2D eigenvalue weighted by Gasteiger charge is -2.11. The third-order valence-corrected chi connectivity index (χ3v) is 6.11. The molecule has 6 heteroatoms. The minimum absolute atomic E-state index is 0.0814. The van der Waals surface area contributed by atoms with Gasteiger partial charge in [0.25, 0.3) is 5.56 Å². The van der Waals surface area contributed by atoms with E-state index in [1.165, 1.54) is 27.8 Å². The highest BCUT2D eigenvalue weighted by molar-refractivity contribution is 7.17. The van der Waals surface area contributed by atoms with Gasteiger partial charge in [0.1, 0.15) is 11.4 Å². The molecule has 0 aliphatic carbocycles. The Morgan fingerprint density at radius 3 is 2.70 bits per heavy atom. The normalized spacial score (nSPS) is 11.0. The minimum Gasteiger partial charge on any atom is -0.324 e. The number of thiophene rings is 1. The smallest absolute Gasteiger partial charge is 0.263 e. The molecule has 1 amide bonds. The molecule has 152 valence electrons. The zero-order valence-corrected chi connectivity index (χ0v) is 18.0. The maximum Gasteiger partial charge on any atom is 0.263 e. The molecule has 0 spiro atoms. The Hall–Kier alpha value is -3.25. The molecule has 0 radical (unpaired) electrons. The second-order valence-electron chi connectivity index (χ2n) is 7.38. The molecule has 2 aromatic carbocycles. The van der Waals surface area contributed by atoms with Gasteiger partial charge in [-0.3, -0.25) is 14.2 Å². The Morgan fingerprint density at radius 1 is 1.13 bits per heavy atom. The van der Waals surface area contributed by atoms with Crippen LogP contribution in [0.15, 0.2) is 59.0 Å². The summed E-state index contributed by atoms with van der Waals surface area (Å²) in [5.41, 5.74) is 5.81. The second kappa shape index (κ2) is 8.24. The summed E-state index contributed by atoms with van der Waals surface area (Å²) < 4.78 is 1.38. The molecule has 1 N–H and O–H groups in total. The summed E-state index contributed by atoms with van der Waals surface area (Å²) in [6.07, 6.45) is 2.27. The summed E-state index contributed by atoms with van der Waals surface area (Å²) in [6.45, 7) is 6.05. The highest BCUT2D eigenvalue weighted by Gasteiger charge is 2.16. The van der Waals surface area contributed by atoms with E-state index in [0.29, 0.717) is 10.2 Å². The van der Waals surface area contributed by atoms with E-state index in [9.17, 15) is 9.59 Å². The molecule has 2 heterocycles. The lowest BCUT2D eigenvalue weighted by Crippen LogP contribution is -2.28. The van der Waals surface area contributed by atoms with Gasteiger partial charge in [-0.15, -0.1) is 11.3 Å². The van der Waals surface area contributed by atoms with Gasteiger partial charge in [0.05, 0.1) is 11.7 Å². The van der Waals surface area contributed by atoms with Crippen molar-refractivity contribution in [1.82, 2.24) is 9.55 Å². The number of para-hydroxylation sites is 1. The maximum atomic E-state index is 13.2. The predicted octanol–water partition coefficient (Wildman–Crippen LogP) is 4.94. The number of fused-ring (bicyclic) bond motifs is 1. The highest BCUT2D eigenvalue weighted by Crippen LogP contribution is 2.33. The van der Waals surface area contributed by atoms with E-state index in [0.717, 1.165) is 34.4 Å². The molecule has 0 bridgehead atoms. The van der Waals surface area contributed by atoms with Gasteiger partial charge in [-0.1, -0.05) is 48.9 Å². The largest absolute Gasteiger partial charge is 0.324 e. The first-order valence-corrected chi connectivity index (χ1v) is 10.8. The summed E-state index contributed by atoms with van der Waals surface area (Å²) in [7, 11) is 0. The fourth-order valence-corrected chi connectivity index (χ4v) is 4.59. The number of amides is 1. The molecule has 2 aromatic heterocycles. The SMILES string of the molecule is CCc1ccccc1NC(=O)Cn1cnc2scc(-c3ccc(C)cc3C)c2c1=O. The van der Waals surface area contributed by atoms with Gasteiger partial charge in [-0.2, -0.15) is 0 Å². The van der Waals surface area contributed by atoms with Crippen LogP contribution < -0.4 is 10.9 Å². The average Bonchev–Trinajstić information content (AvgIpc) is 3.15. The van der Waals surface area contributed by atoms with Gasteiger partial charge in [-0.05, 0) is 43.0 Å². The van der Waals surface area contributed by atoms with Gasteiger partial charge in [-0.25, -0.2) is 4.98 Å². The van der Waals surface area contributed by atoms with E-state index >= 15 is 0 Å². The van der Waals surface area contributed by atoms with Crippen molar-refractivity contribution in [3.05, 3.63) is 81.2 Å². The lowest BCUT2D eigenvalue weighted by atomic mass is 9.99. The Bertz CT molecular complexity index is 1300. The van der Waals surface area contributed by atoms with Crippen molar-refractivity contribution >= 4 is 33.1 Å².